The molecule has 0 aromatic carbocycles. The fourth-order valence-electron chi connectivity index (χ4n) is 2.18. The number of likely N-dealkylation sites (tertiary alicyclic amines) is 1. The van der Waals surface area contributed by atoms with Crippen LogP contribution in [0.5, 0.6) is 0 Å². The first-order valence-corrected chi connectivity index (χ1v) is 6.91. The van der Waals surface area contributed by atoms with Gasteiger partial charge in [-0.15, -0.1) is 0 Å². The lowest BCUT2D eigenvalue weighted by atomic mass is 10.1. The summed E-state index contributed by atoms with van der Waals surface area (Å²) in [5.74, 6) is 0.822. The van der Waals surface area contributed by atoms with Gasteiger partial charge in [-0.05, 0) is 44.1 Å². The lowest BCUT2D eigenvalue weighted by Crippen LogP contribution is -2.29. The fraction of sp³-hybridized carbons (Fsp3) is 0.467. The zero-order valence-corrected chi connectivity index (χ0v) is 11.2. The van der Waals surface area contributed by atoms with E-state index in [0.29, 0.717) is 6.54 Å². The normalized spacial score (nSPS) is 16.6. The summed E-state index contributed by atoms with van der Waals surface area (Å²) < 4.78 is 0. The van der Waals surface area contributed by atoms with Crippen LogP contribution in [0.4, 0.5) is 5.82 Å². The number of nitrogens with zero attached hydrogens (tertiary/aromatic N) is 2. The molecule has 0 spiro atoms. The molecular weight excluding hydrogens is 238 g/mol. The van der Waals surface area contributed by atoms with Gasteiger partial charge in [0.25, 0.3) is 0 Å². The molecular formula is C15H21N3O. The highest BCUT2D eigenvalue weighted by Crippen LogP contribution is 2.07. The number of carbonyl (C=O) groups excluding carboxylic acids is 1. The monoisotopic (exact) mass is 259 g/mol. The van der Waals surface area contributed by atoms with Gasteiger partial charge in [-0.1, -0.05) is 18.6 Å². The second-order valence-corrected chi connectivity index (χ2v) is 4.80. The number of piperidine rings is 1. The van der Waals surface area contributed by atoms with Crippen molar-refractivity contribution in [3.05, 3.63) is 36.5 Å². The van der Waals surface area contributed by atoms with Gasteiger partial charge in [0.15, 0.2) is 5.78 Å². The first-order chi connectivity index (χ1) is 9.34. The van der Waals surface area contributed by atoms with Crippen molar-refractivity contribution >= 4 is 11.6 Å². The second-order valence-electron chi connectivity index (χ2n) is 4.80. The Bertz CT molecular complexity index is 411. The Morgan fingerprint density at radius 1 is 1.32 bits per heavy atom. The van der Waals surface area contributed by atoms with Crippen molar-refractivity contribution < 1.29 is 4.79 Å². The third-order valence-electron chi connectivity index (χ3n) is 3.22. The molecule has 1 aromatic heterocycles. The van der Waals surface area contributed by atoms with E-state index in [9.17, 15) is 4.79 Å². The van der Waals surface area contributed by atoms with Crippen molar-refractivity contribution in [2.24, 2.45) is 0 Å². The topological polar surface area (TPSA) is 45.2 Å². The molecule has 102 valence electrons. The van der Waals surface area contributed by atoms with Gasteiger partial charge in [0.05, 0.1) is 6.54 Å². The van der Waals surface area contributed by atoms with E-state index in [1.165, 1.54) is 19.3 Å². The molecule has 0 aliphatic carbocycles. The molecule has 4 nitrogen and oxygen atoms in total. The molecule has 1 aliphatic rings. The summed E-state index contributed by atoms with van der Waals surface area (Å²) in [6.07, 6.45) is 9.25. The Balaban J connectivity index is 1.66. The van der Waals surface area contributed by atoms with E-state index in [1.807, 2.05) is 24.3 Å². The summed E-state index contributed by atoms with van der Waals surface area (Å²) >= 11 is 0. The average Bonchev–Trinajstić information content (AvgIpc) is 2.47. The maximum absolute atomic E-state index is 11.7. The van der Waals surface area contributed by atoms with Gasteiger partial charge in [-0.2, -0.15) is 0 Å². The molecule has 2 rings (SSSR count). The number of nitrogens with one attached hydrogen (secondary N) is 1. The number of ketones is 1. The van der Waals surface area contributed by atoms with Crippen molar-refractivity contribution in [2.75, 3.05) is 31.5 Å². The van der Waals surface area contributed by atoms with E-state index in [-0.39, 0.29) is 5.78 Å². The number of hydrogen-bond acceptors (Lipinski definition) is 4. The minimum atomic E-state index is 0.0858. The molecule has 1 fully saturated rings. The number of anilines is 1. The number of rotatable bonds is 6. The van der Waals surface area contributed by atoms with Gasteiger partial charge in [0, 0.05) is 12.7 Å². The summed E-state index contributed by atoms with van der Waals surface area (Å²) in [6.45, 7) is 3.50. The number of carbonyl (C=O) groups is 1. The maximum atomic E-state index is 11.7. The molecule has 2 heterocycles. The molecule has 0 saturated carbocycles. The highest BCUT2D eigenvalue weighted by Gasteiger charge is 2.07. The Morgan fingerprint density at radius 3 is 2.89 bits per heavy atom. The van der Waals surface area contributed by atoms with E-state index in [4.69, 9.17) is 0 Å². The molecule has 4 heteroatoms. The molecule has 0 atom stereocenters. The molecule has 19 heavy (non-hydrogen) atoms. The zero-order chi connectivity index (χ0) is 13.3. The maximum Gasteiger partial charge on any atom is 0.174 e. The third kappa shape index (κ3) is 5.22. The molecule has 0 unspecified atom stereocenters. The first-order valence-electron chi connectivity index (χ1n) is 6.91. The van der Waals surface area contributed by atoms with Gasteiger partial charge in [0.1, 0.15) is 5.82 Å². The van der Waals surface area contributed by atoms with Crippen LogP contribution in [0.1, 0.15) is 19.3 Å². The van der Waals surface area contributed by atoms with Crippen LogP contribution in [0.3, 0.4) is 0 Å². The summed E-state index contributed by atoms with van der Waals surface area (Å²) in [6, 6.07) is 5.60. The summed E-state index contributed by atoms with van der Waals surface area (Å²) in [5.41, 5.74) is 0. The Labute approximate surface area is 114 Å². The van der Waals surface area contributed by atoms with Gasteiger partial charge in [-0.3, -0.25) is 9.69 Å². The van der Waals surface area contributed by atoms with E-state index in [1.54, 1.807) is 12.3 Å². The predicted octanol–water partition coefficient (Wildman–Crippen LogP) is 2.10. The van der Waals surface area contributed by atoms with Crippen molar-refractivity contribution in [1.82, 2.24) is 9.88 Å². The largest absolute Gasteiger partial charge is 0.363 e. The van der Waals surface area contributed by atoms with Gasteiger partial charge < -0.3 is 5.32 Å². The summed E-state index contributed by atoms with van der Waals surface area (Å²) in [4.78, 5) is 18.2. The van der Waals surface area contributed by atoms with Crippen LogP contribution in [0, 0.1) is 0 Å². The minimum absolute atomic E-state index is 0.0858. The molecule has 0 radical (unpaired) electrons. The highest BCUT2D eigenvalue weighted by atomic mass is 16.1. The molecule has 1 aromatic rings. The van der Waals surface area contributed by atoms with Gasteiger partial charge >= 0.3 is 0 Å². The van der Waals surface area contributed by atoms with E-state index in [0.717, 1.165) is 25.5 Å². The number of hydrogen-bond donors (Lipinski definition) is 1. The first kappa shape index (κ1) is 13.7. The number of pyridine rings is 1. The fourth-order valence-corrected chi connectivity index (χ4v) is 2.18. The zero-order valence-electron chi connectivity index (χ0n) is 11.2. The molecule has 1 aliphatic heterocycles. The van der Waals surface area contributed by atoms with Crippen LogP contribution in [-0.4, -0.2) is 41.8 Å². The molecule has 1 saturated heterocycles. The Kier molecular flexibility index (Phi) is 5.56. The lowest BCUT2D eigenvalue weighted by Gasteiger charge is -2.24. The Morgan fingerprint density at radius 2 is 2.16 bits per heavy atom. The van der Waals surface area contributed by atoms with Crippen LogP contribution in [-0.2, 0) is 4.79 Å². The van der Waals surface area contributed by atoms with E-state index < -0.39 is 0 Å². The SMILES string of the molecule is O=C(/C=C\CN1CCCCC1)CNc1ccccn1. The van der Waals surface area contributed by atoms with Gasteiger partial charge in [-0.25, -0.2) is 4.98 Å². The van der Waals surface area contributed by atoms with E-state index >= 15 is 0 Å². The number of aromatic nitrogens is 1. The molecule has 1 N–H and O–H groups in total. The summed E-state index contributed by atoms with van der Waals surface area (Å²) in [5, 5.41) is 3.01. The van der Waals surface area contributed by atoms with Crippen molar-refractivity contribution in [3.63, 3.8) is 0 Å². The highest BCUT2D eigenvalue weighted by molar-refractivity contribution is 5.92. The smallest absolute Gasteiger partial charge is 0.174 e. The second kappa shape index (κ2) is 7.69. The van der Waals surface area contributed by atoms with Crippen LogP contribution < -0.4 is 5.32 Å². The van der Waals surface area contributed by atoms with Crippen LogP contribution in [0.2, 0.25) is 0 Å². The lowest BCUT2D eigenvalue weighted by molar-refractivity contribution is -0.113. The van der Waals surface area contributed by atoms with Crippen molar-refractivity contribution in [2.45, 2.75) is 19.3 Å². The van der Waals surface area contributed by atoms with Crippen LogP contribution in [0.25, 0.3) is 0 Å². The van der Waals surface area contributed by atoms with Crippen molar-refractivity contribution in [1.29, 1.82) is 0 Å². The minimum Gasteiger partial charge on any atom is -0.363 e. The third-order valence-corrected chi connectivity index (χ3v) is 3.22. The quantitative estimate of drug-likeness (QED) is 0.795. The average molecular weight is 259 g/mol. The van der Waals surface area contributed by atoms with Gasteiger partial charge in [0.2, 0.25) is 0 Å². The standard InChI is InChI=1S/C15H21N3O/c19-14(13-17-15-8-2-3-9-16-15)7-6-12-18-10-4-1-5-11-18/h2-3,6-9H,1,4-5,10-13H2,(H,16,17)/b7-6-. The van der Waals surface area contributed by atoms with E-state index in [2.05, 4.69) is 15.2 Å². The molecule has 0 amide bonds. The predicted molar refractivity (Wildman–Crippen MR) is 77.2 cm³/mol. The molecule has 0 bridgehead atoms. The summed E-state index contributed by atoms with van der Waals surface area (Å²) in [7, 11) is 0. The Hall–Kier alpha value is -1.68. The van der Waals surface area contributed by atoms with Crippen LogP contribution in [0.15, 0.2) is 36.5 Å². The van der Waals surface area contributed by atoms with Crippen molar-refractivity contribution in [3.8, 4) is 0 Å². The van der Waals surface area contributed by atoms with Crippen LogP contribution >= 0.6 is 0 Å².